The van der Waals surface area contributed by atoms with Gasteiger partial charge < -0.3 is 9.13 Å². The number of aromatic nitrogens is 2. The van der Waals surface area contributed by atoms with Gasteiger partial charge in [0.25, 0.3) is 0 Å². The van der Waals surface area contributed by atoms with Crippen LogP contribution in [0, 0.1) is 0 Å². The third-order valence-corrected chi connectivity index (χ3v) is 14.6. The Balaban J connectivity index is 0.898. The van der Waals surface area contributed by atoms with E-state index in [0.29, 0.717) is 0 Å². The molecule has 10 aromatic rings. The van der Waals surface area contributed by atoms with Crippen molar-refractivity contribution < 1.29 is 0 Å². The zero-order valence-corrected chi connectivity index (χ0v) is 36.5. The highest BCUT2D eigenvalue weighted by atomic mass is 15.0. The summed E-state index contributed by atoms with van der Waals surface area (Å²) in [5.74, 6) is 0. The molecule has 0 spiro atoms. The highest BCUT2D eigenvalue weighted by molar-refractivity contribution is 6.11. The van der Waals surface area contributed by atoms with Crippen LogP contribution in [0.25, 0.3) is 88.4 Å². The van der Waals surface area contributed by atoms with E-state index in [4.69, 9.17) is 0 Å². The first-order chi connectivity index (χ1) is 30.6. The first-order valence-electron chi connectivity index (χ1n) is 22.2. The van der Waals surface area contributed by atoms with Crippen LogP contribution in [0.5, 0.6) is 0 Å². The third kappa shape index (κ3) is 5.37. The number of rotatable bonds is 6. The van der Waals surface area contributed by atoms with Gasteiger partial charge in [0.1, 0.15) is 0 Å². The summed E-state index contributed by atoms with van der Waals surface area (Å²) in [6, 6.07) is 64.6. The van der Waals surface area contributed by atoms with Crippen molar-refractivity contribution >= 4 is 54.8 Å². The smallest absolute Gasteiger partial charge is 0.0541 e. The molecule has 2 nitrogen and oxygen atoms in total. The van der Waals surface area contributed by atoms with E-state index in [0.717, 1.165) is 11.1 Å². The fourth-order valence-corrected chi connectivity index (χ4v) is 11.2. The molecule has 0 bridgehead atoms. The predicted molar refractivity (Wildman–Crippen MR) is 268 cm³/mol. The van der Waals surface area contributed by atoms with Gasteiger partial charge in [-0.25, -0.2) is 0 Å². The van der Waals surface area contributed by atoms with Crippen LogP contribution in [0.4, 0.5) is 0 Å². The molecular weight excluding hydrogens is 761 g/mol. The van der Waals surface area contributed by atoms with Crippen LogP contribution in [0.1, 0.15) is 62.4 Å². The van der Waals surface area contributed by atoms with Gasteiger partial charge in [-0.2, -0.15) is 0 Å². The highest BCUT2D eigenvalue weighted by Gasteiger charge is 2.45. The van der Waals surface area contributed by atoms with Gasteiger partial charge in [-0.15, -0.1) is 0 Å². The number of fused-ring (bicyclic) bond motifs is 11. The lowest BCUT2D eigenvalue weighted by Crippen LogP contribution is -2.24. The lowest BCUT2D eigenvalue weighted by Gasteiger charge is -2.31. The minimum atomic E-state index is -0.186. The Labute approximate surface area is 369 Å². The predicted octanol–water partition coefficient (Wildman–Crippen LogP) is 16.2. The van der Waals surface area contributed by atoms with Crippen molar-refractivity contribution in [3.05, 3.63) is 228 Å². The van der Waals surface area contributed by atoms with Gasteiger partial charge in [0.05, 0.1) is 22.1 Å². The summed E-state index contributed by atoms with van der Waals surface area (Å²) in [5.41, 5.74) is 22.6. The molecule has 8 aromatic carbocycles. The van der Waals surface area contributed by atoms with E-state index < -0.39 is 0 Å². The van der Waals surface area contributed by atoms with Crippen molar-refractivity contribution in [3.63, 3.8) is 0 Å². The maximum Gasteiger partial charge on any atom is 0.0541 e. The number of nitrogens with zero attached hydrogens (tertiary/aromatic N) is 2. The van der Waals surface area contributed by atoms with E-state index in [-0.39, 0.29) is 10.8 Å². The minimum Gasteiger partial charge on any atom is -0.309 e. The zero-order valence-electron chi connectivity index (χ0n) is 36.5. The average Bonchev–Trinajstić information content (AvgIpc) is 3.96. The first-order valence-corrected chi connectivity index (χ1v) is 22.2. The molecule has 2 heterocycles. The van der Waals surface area contributed by atoms with E-state index in [1.807, 2.05) is 0 Å². The Hall–Kier alpha value is -7.42. The second-order valence-electron chi connectivity index (χ2n) is 18.7. The topological polar surface area (TPSA) is 9.86 Å². The molecule has 2 aromatic heterocycles. The second kappa shape index (κ2) is 13.5. The number of benzene rings is 8. The van der Waals surface area contributed by atoms with Crippen LogP contribution in [0.15, 0.2) is 200 Å². The van der Waals surface area contributed by atoms with Crippen molar-refractivity contribution in [1.82, 2.24) is 9.13 Å². The summed E-state index contributed by atoms with van der Waals surface area (Å²) in [7, 11) is 0. The van der Waals surface area contributed by atoms with Crippen molar-refractivity contribution in [3.8, 4) is 33.6 Å². The third-order valence-electron chi connectivity index (χ3n) is 14.6. The molecule has 0 radical (unpaired) electrons. The SMILES string of the molecule is C=C(/C=C\C1=C(C)C(C)(C)c2c1ccc1c2C(C)(C)c2cc(-c3ccc4c(c3)c3ccccc3n4-c3ccccc3)ccc2-1)c1ccc2c(c1)c1ccccc1n2-c1ccccc1. The molecule has 63 heavy (non-hydrogen) atoms. The normalized spacial score (nSPS) is 14.9. The van der Waals surface area contributed by atoms with Crippen LogP contribution in [0.2, 0.25) is 0 Å². The number of allylic oxidation sites excluding steroid dienone is 5. The molecule has 2 heteroatoms. The summed E-state index contributed by atoms with van der Waals surface area (Å²) < 4.78 is 4.75. The van der Waals surface area contributed by atoms with Crippen LogP contribution in [-0.2, 0) is 10.8 Å². The molecular formula is C61H48N2. The quantitative estimate of drug-likeness (QED) is 0.148. The monoisotopic (exact) mass is 808 g/mol. The Bertz CT molecular complexity index is 3620. The summed E-state index contributed by atoms with van der Waals surface area (Å²) in [5, 5.41) is 5.03. The molecule has 0 fully saturated rings. The molecule has 0 unspecified atom stereocenters. The lowest BCUT2D eigenvalue weighted by molar-refractivity contribution is 0.590. The molecule has 2 aliphatic rings. The molecule has 0 saturated carbocycles. The maximum atomic E-state index is 4.63. The molecule has 0 saturated heterocycles. The molecule has 0 N–H and O–H groups in total. The number of hydrogen-bond acceptors (Lipinski definition) is 0. The van der Waals surface area contributed by atoms with Crippen LogP contribution >= 0.6 is 0 Å². The van der Waals surface area contributed by atoms with Crippen molar-refractivity contribution in [2.75, 3.05) is 0 Å². The maximum absolute atomic E-state index is 4.63. The van der Waals surface area contributed by atoms with E-state index in [1.165, 1.54) is 111 Å². The summed E-state index contributed by atoms with van der Waals surface area (Å²) in [6.45, 7) is 16.7. The van der Waals surface area contributed by atoms with Gasteiger partial charge in [-0.3, -0.25) is 0 Å². The van der Waals surface area contributed by atoms with Crippen molar-refractivity contribution in [2.24, 2.45) is 0 Å². The fourth-order valence-electron chi connectivity index (χ4n) is 11.2. The van der Waals surface area contributed by atoms with E-state index >= 15 is 0 Å². The van der Waals surface area contributed by atoms with E-state index in [2.05, 4.69) is 238 Å². The van der Waals surface area contributed by atoms with Gasteiger partial charge >= 0.3 is 0 Å². The molecule has 302 valence electrons. The lowest BCUT2D eigenvalue weighted by atomic mass is 9.72. The van der Waals surface area contributed by atoms with Gasteiger partial charge in [-0.05, 0) is 135 Å². The summed E-state index contributed by atoms with van der Waals surface area (Å²) in [6.07, 6.45) is 4.56. The molecule has 0 amide bonds. The molecule has 2 aliphatic carbocycles. The Kier molecular flexibility index (Phi) is 8.03. The Morgan fingerprint density at radius 3 is 1.60 bits per heavy atom. The summed E-state index contributed by atoms with van der Waals surface area (Å²) in [4.78, 5) is 0. The van der Waals surface area contributed by atoms with Gasteiger partial charge in [-0.1, -0.05) is 161 Å². The van der Waals surface area contributed by atoms with E-state index in [9.17, 15) is 0 Å². The largest absolute Gasteiger partial charge is 0.309 e. The molecule has 0 atom stereocenters. The van der Waals surface area contributed by atoms with Gasteiger partial charge in [0.2, 0.25) is 0 Å². The first kappa shape index (κ1) is 37.4. The van der Waals surface area contributed by atoms with Crippen LogP contribution in [-0.4, -0.2) is 9.13 Å². The van der Waals surface area contributed by atoms with Crippen molar-refractivity contribution in [2.45, 2.75) is 45.4 Å². The minimum absolute atomic E-state index is 0.139. The van der Waals surface area contributed by atoms with Crippen LogP contribution in [0.3, 0.4) is 0 Å². The molecule has 12 rings (SSSR count). The highest BCUT2D eigenvalue weighted by Crippen LogP contribution is 2.58. The number of para-hydroxylation sites is 4. The zero-order chi connectivity index (χ0) is 42.8. The van der Waals surface area contributed by atoms with E-state index in [1.54, 1.807) is 0 Å². The fraction of sp³-hybridized carbons (Fsp3) is 0.115. The molecule has 0 aliphatic heterocycles. The van der Waals surface area contributed by atoms with Crippen LogP contribution < -0.4 is 0 Å². The average molecular weight is 809 g/mol. The second-order valence-corrected chi connectivity index (χ2v) is 18.7. The van der Waals surface area contributed by atoms with Gasteiger partial charge in [0.15, 0.2) is 0 Å². The standard InChI is InChI=1S/C61H48N2/c1-38(40-27-33-56-51(35-40)47-21-13-15-23-54(47)62(56)43-17-9-7-10-18-43)25-29-45-39(2)60(3,4)58-49(45)31-32-50-46-30-26-42(37-53(46)61(5,6)59(50)58)41-28-34-57-52(36-41)48-22-14-16-24-55(48)63(57)44-19-11-8-12-20-44/h7-37H,1H2,2-6H3/b29-25-. The number of hydrogen-bond donors (Lipinski definition) is 0. The Morgan fingerprint density at radius 1 is 0.460 bits per heavy atom. The van der Waals surface area contributed by atoms with Gasteiger partial charge in [0, 0.05) is 43.7 Å². The summed E-state index contributed by atoms with van der Waals surface area (Å²) >= 11 is 0. The Morgan fingerprint density at radius 2 is 0.952 bits per heavy atom. The van der Waals surface area contributed by atoms with Crippen molar-refractivity contribution in [1.29, 1.82) is 0 Å².